The lowest BCUT2D eigenvalue weighted by molar-refractivity contribution is 0.837. The maximum atomic E-state index is 6.02. The van der Waals surface area contributed by atoms with E-state index in [-0.39, 0.29) is 0 Å². The minimum absolute atomic E-state index is 0.477. The van der Waals surface area contributed by atoms with E-state index >= 15 is 0 Å². The van der Waals surface area contributed by atoms with Gasteiger partial charge in [-0.25, -0.2) is 9.97 Å². The Morgan fingerprint density at radius 2 is 1.89 bits per heavy atom. The van der Waals surface area contributed by atoms with Gasteiger partial charge in [-0.3, -0.25) is 0 Å². The van der Waals surface area contributed by atoms with E-state index in [4.69, 9.17) is 11.6 Å². The van der Waals surface area contributed by atoms with Crippen molar-refractivity contribution in [2.24, 2.45) is 0 Å². The van der Waals surface area contributed by atoms with Gasteiger partial charge in [-0.2, -0.15) is 0 Å². The summed E-state index contributed by atoms with van der Waals surface area (Å²) in [5.74, 6) is 1.52. The van der Waals surface area contributed by atoms with Crippen molar-refractivity contribution in [2.75, 3.05) is 5.32 Å². The topological polar surface area (TPSA) is 37.8 Å². The molecular formula is C15H18ClN3. The predicted octanol–water partition coefficient (Wildman–Crippen LogP) is 4.44. The van der Waals surface area contributed by atoms with E-state index in [2.05, 4.69) is 48.2 Å². The fourth-order valence-electron chi connectivity index (χ4n) is 1.83. The van der Waals surface area contributed by atoms with E-state index < -0.39 is 0 Å². The van der Waals surface area contributed by atoms with Crippen LogP contribution in [0.15, 0.2) is 24.3 Å². The molecule has 2 rings (SSSR count). The maximum Gasteiger partial charge on any atom is 0.135 e. The minimum Gasteiger partial charge on any atom is -0.340 e. The second-order valence-corrected chi connectivity index (χ2v) is 5.05. The zero-order chi connectivity index (χ0) is 13.8. The summed E-state index contributed by atoms with van der Waals surface area (Å²) in [6.45, 7) is 6.29. The molecule has 0 fully saturated rings. The van der Waals surface area contributed by atoms with Gasteiger partial charge in [-0.05, 0) is 43.5 Å². The lowest BCUT2D eigenvalue weighted by Crippen LogP contribution is -2.00. The number of halogens is 1. The largest absolute Gasteiger partial charge is 0.340 e. The molecule has 4 heteroatoms. The Bertz CT molecular complexity index is 582. The van der Waals surface area contributed by atoms with Crippen LogP contribution >= 0.6 is 11.6 Å². The number of hydrogen-bond donors (Lipinski definition) is 1. The SMILES string of the molecule is CCCc1nc(Cl)cc(Nc2ccc(C)c(C)c2)n1. The van der Waals surface area contributed by atoms with Gasteiger partial charge in [0.15, 0.2) is 0 Å². The molecule has 100 valence electrons. The van der Waals surface area contributed by atoms with Crippen LogP contribution in [-0.4, -0.2) is 9.97 Å². The Morgan fingerprint density at radius 3 is 2.58 bits per heavy atom. The van der Waals surface area contributed by atoms with Crippen LogP contribution in [0.3, 0.4) is 0 Å². The molecule has 19 heavy (non-hydrogen) atoms. The fraction of sp³-hybridized carbons (Fsp3) is 0.333. The molecule has 0 saturated heterocycles. The quantitative estimate of drug-likeness (QED) is 0.838. The average molecular weight is 276 g/mol. The van der Waals surface area contributed by atoms with Crippen molar-refractivity contribution < 1.29 is 0 Å². The summed E-state index contributed by atoms with van der Waals surface area (Å²) >= 11 is 6.02. The zero-order valence-electron chi connectivity index (χ0n) is 11.5. The molecule has 0 saturated carbocycles. The van der Waals surface area contributed by atoms with Crippen molar-refractivity contribution in [2.45, 2.75) is 33.6 Å². The third kappa shape index (κ3) is 3.67. The third-order valence-electron chi connectivity index (χ3n) is 2.99. The van der Waals surface area contributed by atoms with Crippen LogP contribution in [-0.2, 0) is 6.42 Å². The zero-order valence-corrected chi connectivity index (χ0v) is 12.3. The Hall–Kier alpha value is -1.61. The normalized spacial score (nSPS) is 10.5. The lowest BCUT2D eigenvalue weighted by atomic mass is 10.1. The maximum absolute atomic E-state index is 6.02. The second-order valence-electron chi connectivity index (χ2n) is 4.67. The number of benzene rings is 1. The van der Waals surface area contributed by atoms with Crippen LogP contribution in [0.4, 0.5) is 11.5 Å². The number of anilines is 2. The van der Waals surface area contributed by atoms with Gasteiger partial charge < -0.3 is 5.32 Å². The van der Waals surface area contributed by atoms with E-state index in [1.54, 1.807) is 6.07 Å². The van der Waals surface area contributed by atoms with Crippen molar-refractivity contribution in [3.05, 3.63) is 46.4 Å². The Kier molecular flexibility index (Phi) is 4.38. The number of nitrogens with one attached hydrogen (secondary N) is 1. The molecule has 2 aromatic rings. The second kappa shape index (κ2) is 6.02. The molecule has 1 aromatic heterocycles. The number of rotatable bonds is 4. The molecule has 1 N–H and O–H groups in total. The first-order chi connectivity index (χ1) is 9.08. The first kappa shape index (κ1) is 13.8. The molecule has 0 aliphatic carbocycles. The molecule has 0 unspecified atom stereocenters. The first-order valence-electron chi connectivity index (χ1n) is 6.46. The van der Waals surface area contributed by atoms with E-state index in [1.807, 2.05) is 6.07 Å². The van der Waals surface area contributed by atoms with Crippen LogP contribution in [0, 0.1) is 13.8 Å². The number of hydrogen-bond acceptors (Lipinski definition) is 3. The summed E-state index contributed by atoms with van der Waals surface area (Å²) in [4.78, 5) is 8.68. The van der Waals surface area contributed by atoms with Crippen LogP contribution in [0.25, 0.3) is 0 Å². The van der Waals surface area contributed by atoms with Gasteiger partial charge in [0.25, 0.3) is 0 Å². The molecule has 3 nitrogen and oxygen atoms in total. The minimum atomic E-state index is 0.477. The number of aryl methyl sites for hydroxylation is 3. The summed E-state index contributed by atoms with van der Waals surface area (Å²) in [6, 6.07) is 7.98. The molecule has 0 aliphatic rings. The molecule has 0 bridgehead atoms. The molecule has 0 radical (unpaired) electrons. The van der Waals surface area contributed by atoms with Gasteiger partial charge in [0.05, 0.1) is 0 Å². The molecule has 0 aliphatic heterocycles. The van der Waals surface area contributed by atoms with Gasteiger partial charge in [0.1, 0.15) is 16.8 Å². The summed E-state index contributed by atoms with van der Waals surface area (Å²) in [6.07, 6.45) is 1.84. The highest BCUT2D eigenvalue weighted by molar-refractivity contribution is 6.29. The van der Waals surface area contributed by atoms with E-state index in [0.717, 1.165) is 30.2 Å². The molecule has 1 aromatic carbocycles. The van der Waals surface area contributed by atoms with E-state index in [9.17, 15) is 0 Å². The van der Waals surface area contributed by atoms with Gasteiger partial charge in [0, 0.05) is 18.2 Å². The molecule has 1 heterocycles. The summed E-state index contributed by atoms with van der Waals surface area (Å²) in [5, 5.41) is 3.75. The molecule has 0 amide bonds. The lowest BCUT2D eigenvalue weighted by Gasteiger charge is -2.09. The molecular weight excluding hydrogens is 258 g/mol. The first-order valence-corrected chi connectivity index (χ1v) is 6.84. The smallest absolute Gasteiger partial charge is 0.135 e. The standard InChI is InChI=1S/C15H18ClN3/c1-4-5-14-18-13(16)9-15(19-14)17-12-7-6-10(2)11(3)8-12/h6-9H,4-5H2,1-3H3,(H,17,18,19). The summed E-state index contributed by atoms with van der Waals surface area (Å²) in [7, 11) is 0. The highest BCUT2D eigenvalue weighted by Crippen LogP contribution is 2.20. The van der Waals surface area contributed by atoms with Crippen molar-refractivity contribution in [1.82, 2.24) is 9.97 Å². The van der Waals surface area contributed by atoms with Gasteiger partial charge >= 0.3 is 0 Å². The molecule has 0 spiro atoms. The van der Waals surface area contributed by atoms with Crippen LogP contribution in [0.1, 0.15) is 30.3 Å². The average Bonchev–Trinajstić information content (AvgIpc) is 2.33. The van der Waals surface area contributed by atoms with Gasteiger partial charge in [-0.1, -0.05) is 24.6 Å². The summed E-state index contributed by atoms with van der Waals surface area (Å²) < 4.78 is 0. The van der Waals surface area contributed by atoms with Crippen LogP contribution in [0.5, 0.6) is 0 Å². The Labute approximate surface area is 119 Å². The third-order valence-corrected chi connectivity index (χ3v) is 3.19. The number of nitrogens with zero attached hydrogens (tertiary/aromatic N) is 2. The van der Waals surface area contributed by atoms with Crippen molar-refractivity contribution in [3.8, 4) is 0 Å². The molecule has 0 atom stereocenters. The van der Waals surface area contributed by atoms with Gasteiger partial charge in [-0.15, -0.1) is 0 Å². The van der Waals surface area contributed by atoms with Crippen molar-refractivity contribution in [1.29, 1.82) is 0 Å². The Morgan fingerprint density at radius 1 is 1.11 bits per heavy atom. The summed E-state index contributed by atoms with van der Waals surface area (Å²) in [5.41, 5.74) is 3.54. The van der Waals surface area contributed by atoms with E-state index in [0.29, 0.717) is 5.15 Å². The number of aromatic nitrogens is 2. The van der Waals surface area contributed by atoms with Crippen molar-refractivity contribution >= 4 is 23.1 Å². The Balaban J connectivity index is 2.24. The van der Waals surface area contributed by atoms with E-state index in [1.165, 1.54) is 11.1 Å². The predicted molar refractivity (Wildman–Crippen MR) is 80.2 cm³/mol. The van der Waals surface area contributed by atoms with Gasteiger partial charge in [0.2, 0.25) is 0 Å². The fourth-order valence-corrected chi connectivity index (χ4v) is 2.03. The highest BCUT2D eigenvalue weighted by Gasteiger charge is 2.04. The monoisotopic (exact) mass is 275 g/mol. The van der Waals surface area contributed by atoms with Crippen LogP contribution < -0.4 is 5.32 Å². The van der Waals surface area contributed by atoms with Crippen LogP contribution in [0.2, 0.25) is 5.15 Å². The van der Waals surface area contributed by atoms with Crippen molar-refractivity contribution in [3.63, 3.8) is 0 Å². The highest BCUT2D eigenvalue weighted by atomic mass is 35.5.